The van der Waals surface area contributed by atoms with Gasteiger partial charge in [0.05, 0.1) is 6.42 Å². The number of aliphatic carboxylic acids is 1. The van der Waals surface area contributed by atoms with Crippen LogP contribution in [0.25, 0.3) is 0 Å². The first-order valence-electron chi connectivity index (χ1n) is 1.55. The molecule has 0 aliphatic rings. The van der Waals surface area contributed by atoms with Gasteiger partial charge < -0.3 is 5.11 Å². The molecule has 0 rings (SSSR count). The van der Waals surface area contributed by atoms with E-state index in [-0.39, 0.29) is 12.3 Å². The number of rotatable bonds is 2. The predicted octanol–water partition coefficient (Wildman–Crippen LogP) is 0.700. The predicted molar refractivity (Wildman–Crippen MR) is 23.0 cm³/mol. The summed E-state index contributed by atoms with van der Waals surface area (Å²) in [4.78, 5) is 9.51. The van der Waals surface area contributed by atoms with Crippen LogP contribution in [0, 0.1) is 0 Å². The van der Waals surface area contributed by atoms with E-state index in [0.717, 1.165) is 0 Å². The molecule has 0 radical (unpaired) electrons. The van der Waals surface area contributed by atoms with Gasteiger partial charge in [0.15, 0.2) is 0 Å². The Hall–Kier alpha value is -0.240. The quantitative estimate of drug-likeness (QED) is 0.532. The van der Waals surface area contributed by atoms with Crippen LogP contribution in [0.3, 0.4) is 0 Å². The maximum atomic E-state index is 9.51. The summed E-state index contributed by atoms with van der Waals surface area (Å²) in [5.41, 5.74) is 0. The largest absolute Gasteiger partial charge is 0.481 e. The van der Waals surface area contributed by atoms with Crippen LogP contribution in [0.4, 0.5) is 0 Å². The second-order valence-electron chi connectivity index (χ2n) is 0.833. The van der Waals surface area contributed by atoms with E-state index in [4.69, 9.17) is 16.7 Å². The van der Waals surface area contributed by atoms with E-state index in [1.54, 1.807) is 0 Å². The number of hydrogen-bond acceptors (Lipinski definition) is 1. The standard InChI is InChI=1S/C3H5ClO2/c4-2-1-3(5)6/h1-2H2,(H,5,6)/i2+2. The van der Waals surface area contributed by atoms with Gasteiger partial charge >= 0.3 is 5.97 Å². The molecule has 0 aliphatic carbocycles. The van der Waals surface area contributed by atoms with E-state index in [2.05, 4.69) is 0 Å². The second-order valence-corrected chi connectivity index (χ2v) is 1.21. The van der Waals surface area contributed by atoms with Crippen molar-refractivity contribution < 1.29 is 9.90 Å². The normalized spacial score (nSPS) is 8.17. The lowest BCUT2D eigenvalue weighted by Crippen LogP contribution is -1.93. The Kier molecular flexibility index (Phi) is 2.85. The average Bonchev–Trinajstić information content (AvgIpc) is 1.35. The van der Waals surface area contributed by atoms with Crippen molar-refractivity contribution in [3.63, 3.8) is 0 Å². The maximum Gasteiger partial charge on any atom is 0.304 e. The molecule has 3 heteroatoms. The molecular formula is C3H5ClO2. The minimum Gasteiger partial charge on any atom is -0.481 e. The molecule has 0 fully saturated rings. The van der Waals surface area contributed by atoms with Crippen molar-refractivity contribution in [3.8, 4) is 0 Å². The number of carboxylic acids is 1. The van der Waals surface area contributed by atoms with Crippen LogP contribution in [-0.2, 0) is 4.79 Å². The summed E-state index contributed by atoms with van der Waals surface area (Å²) in [6, 6.07) is 0. The topological polar surface area (TPSA) is 37.3 Å². The van der Waals surface area contributed by atoms with Crippen LogP contribution in [0.1, 0.15) is 6.42 Å². The fraction of sp³-hybridized carbons (Fsp3) is 0.667. The molecular weight excluding hydrogens is 105 g/mol. The summed E-state index contributed by atoms with van der Waals surface area (Å²) in [6.07, 6.45) is 0.0571. The van der Waals surface area contributed by atoms with Gasteiger partial charge in [0.1, 0.15) is 0 Å². The molecule has 2 nitrogen and oxygen atoms in total. The lowest BCUT2D eigenvalue weighted by molar-refractivity contribution is -0.136. The summed E-state index contributed by atoms with van der Waals surface area (Å²) < 4.78 is 0. The Balaban J connectivity index is 2.83. The molecule has 0 unspecified atom stereocenters. The van der Waals surface area contributed by atoms with Crippen molar-refractivity contribution in [2.45, 2.75) is 6.42 Å². The molecule has 0 aromatic carbocycles. The molecule has 0 heterocycles. The van der Waals surface area contributed by atoms with Gasteiger partial charge in [-0.05, 0) is 0 Å². The highest BCUT2D eigenvalue weighted by atomic mass is 35.5. The van der Waals surface area contributed by atoms with E-state index in [0.29, 0.717) is 0 Å². The van der Waals surface area contributed by atoms with Crippen molar-refractivity contribution in [3.05, 3.63) is 0 Å². The molecule has 0 atom stereocenters. The summed E-state index contributed by atoms with van der Waals surface area (Å²) in [5.74, 6) is -0.639. The number of alkyl halides is 1. The highest BCUT2D eigenvalue weighted by molar-refractivity contribution is 6.18. The molecule has 0 bridgehead atoms. The third-order valence-electron chi connectivity index (χ3n) is 0.308. The minimum atomic E-state index is -0.843. The van der Waals surface area contributed by atoms with Crippen LogP contribution in [0.15, 0.2) is 0 Å². The maximum absolute atomic E-state index is 9.51. The first kappa shape index (κ1) is 5.76. The number of carboxylic acid groups (broad SMARTS) is 1. The molecule has 1 N–H and O–H groups in total. The number of carbonyl (C=O) groups is 1. The highest BCUT2D eigenvalue weighted by Crippen LogP contribution is 1.80. The Morgan fingerprint density at radius 1 is 2.00 bits per heavy atom. The van der Waals surface area contributed by atoms with Crippen LogP contribution in [0.5, 0.6) is 0 Å². The number of hydrogen-bond donors (Lipinski definition) is 1. The van der Waals surface area contributed by atoms with Crippen molar-refractivity contribution in [1.29, 1.82) is 0 Å². The van der Waals surface area contributed by atoms with Gasteiger partial charge in [-0.3, -0.25) is 4.79 Å². The third kappa shape index (κ3) is 3.76. The van der Waals surface area contributed by atoms with E-state index in [9.17, 15) is 4.79 Å². The van der Waals surface area contributed by atoms with Gasteiger partial charge in [0.2, 0.25) is 0 Å². The average molecular weight is 111 g/mol. The molecule has 0 aliphatic heterocycles. The summed E-state index contributed by atoms with van der Waals surface area (Å²) >= 11 is 5.02. The first-order valence-corrected chi connectivity index (χ1v) is 2.08. The van der Waals surface area contributed by atoms with Gasteiger partial charge in [0.25, 0.3) is 0 Å². The number of halogens is 1. The van der Waals surface area contributed by atoms with Crippen molar-refractivity contribution in [2.75, 3.05) is 5.88 Å². The van der Waals surface area contributed by atoms with E-state index in [1.807, 2.05) is 0 Å². The van der Waals surface area contributed by atoms with Gasteiger partial charge in [-0.25, -0.2) is 0 Å². The molecule has 0 amide bonds. The van der Waals surface area contributed by atoms with Crippen LogP contribution >= 0.6 is 11.6 Å². The van der Waals surface area contributed by atoms with Crippen LogP contribution in [0.2, 0.25) is 0 Å². The van der Waals surface area contributed by atoms with E-state index in [1.165, 1.54) is 0 Å². The summed E-state index contributed by atoms with van der Waals surface area (Å²) in [7, 11) is 0. The summed E-state index contributed by atoms with van der Waals surface area (Å²) in [5, 5.41) is 7.83. The molecule has 0 saturated carbocycles. The zero-order chi connectivity index (χ0) is 4.99. The van der Waals surface area contributed by atoms with Crippen molar-refractivity contribution in [2.24, 2.45) is 0 Å². The van der Waals surface area contributed by atoms with Gasteiger partial charge in [-0.15, -0.1) is 11.6 Å². The monoisotopic (exact) mass is 110 g/mol. The molecule has 0 saturated heterocycles. The molecule has 36 valence electrons. The van der Waals surface area contributed by atoms with Crippen molar-refractivity contribution in [1.82, 2.24) is 0 Å². The Labute approximate surface area is 40.7 Å². The SMILES string of the molecule is O=C(O)C[14CH2]Cl. The fourth-order valence-electron chi connectivity index (χ4n) is 0.0808. The van der Waals surface area contributed by atoms with Crippen LogP contribution < -0.4 is 0 Å². The zero-order valence-corrected chi connectivity index (χ0v) is 3.90. The highest BCUT2D eigenvalue weighted by Gasteiger charge is 1.89. The third-order valence-corrected chi connectivity index (χ3v) is 0.497. The fourth-order valence-corrected chi connectivity index (χ4v) is 0.243. The Bertz CT molecular complexity index is 52.8. The lowest BCUT2D eigenvalue weighted by atomic mass is 10.7. The van der Waals surface area contributed by atoms with E-state index < -0.39 is 5.97 Å². The first-order chi connectivity index (χ1) is 2.77. The smallest absolute Gasteiger partial charge is 0.304 e. The molecule has 0 aromatic rings. The molecule has 0 aromatic heterocycles. The van der Waals surface area contributed by atoms with Gasteiger partial charge in [0, 0.05) is 5.88 Å². The minimum absolute atomic E-state index is 0.0571. The Morgan fingerprint density at radius 2 is 2.50 bits per heavy atom. The lowest BCUT2D eigenvalue weighted by Gasteiger charge is -1.78. The van der Waals surface area contributed by atoms with Crippen molar-refractivity contribution >= 4 is 17.6 Å². The summed E-state index contributed by atoms with van der Waals surface area (Å²) in [6.45, 7) is 0. The van der Waals surface area contributed by atoms with Gasteiger partial charge in [-0.1, -0.05) is 0 Å². The Morgan fingerprint density at radius 3 is 2.50 bits per heavy atom. The van der Waals surface area contributed by atoms with Crippen LogP contribution in [-0.4, -0.2) is 17.0 Å². The van der Waals surface area contributed by atoms with Gasteiger partial charge in [-0.2, -0.15) is 0 Å². The second kappa shape index (κ2) is 2.97. The molecule has 6 heavy (non-hydrogen) atoms. The molecule has 0 spiro atoms. The van der Waals surface area contributed by atoms with E-state index >= 15 is 0 Å². The zero-order valence-electron chi connectivity index (χ0n) is 3.15.